The van der Waals surface area contributed by atoms with Crippen molar-refractivity contribution in [2.75, 3.05) is 0 Å². The Balaban J connectivity index is 1.73. The Morgan fingerprint density at radius 1 is 1.08 bits per heavy atom. The maximum absolute atomic E-state index is 13.1. The van der Waals surface area contributed by atoms with Crippen molar-refractivity contribution in [1.82, 2.24) is 0 Å². The molecule has 3 rings (SSSR count). The molecule has 7 atom stereocenters. The highest BCUT2D eigenvalue weighted by Gasteiger charge is 2.70. The minimum Gasteiger partial charge on any atom is -0.393 e. The highest BCUT2D eigenvalue weighted by Crippen LogP contribution is 2.60. The number of fused-ring (bicyclic) bond motifs is 1. The first-order valence-corrected chi connectivity index (χ1v) is 12.9. The second-order valence-corrected chi connectivity index (χ2v) is 11.6. The fraction of sp³-hybridized carbons (Fsp3) is 0.778. The van der Waals surface area contributed by atoms with Crippen LogP contribution in [0.4, 0.5) is 26.3 Å². The van der Waals surface area contributed by atoms with Crippen LogP contribution in [0.2, 0.25) is 0 Å². The lowest BCUT2D eigenvalue weighted by Crippen LogP contribution is -2.58. The number of halogens is 6. The van der Waals surface area contributed by atoms with E-state index in [1.807, 2.05) is 12.2 Å². The summed E-state index contributed by atoms with van der Waals surface area (Å²) in [5, 5.41) is 39.8. The van der Waals surface area contributed by atoms with Crippen LogP contribution in [0, 0.1) is 23.2 Å². The maximum atomic E-state index is 13.1. The summed E-state index contributed by atoms with van der Waals surface area (Å²) in [4.78, 5) is 0. The van der Waals surface area contributed by atoms with Gasteiger partial charge in [0.2, 0.25) is 0 Å². The van der Waals surface area contributed by atoms with Crippen molar-refractivity contribution < 1.29 is 46.8 Å². The second-order valence-electron chi connectivity index (χ2n) is 11.6. The number of alkyl halides is 6. The monoisotopic (exact) mass is 540 g/mol. The van der Waals surface area contributed by atoms with Crippen molar-refractivity contribution >= 4 is 0 Å². The Labute approximate surface area is 213 Å². The number of rotatable bonds is 6. The Morgan fingerprint density at radius 3 is 2.30 bits per heavy atom. The van der Waals surface area contributed by atoms with E-state index in [0.717, 1.165) is 37.7 Å². The molecule has 3 aliphatic rings. The van der Waals surface area contributed by atoms with Crippen LogP contribution < -0.4 is 0 Å². The Morgan fingerprint density at radius 2 is 1.70 bits per heavy atom. The Bertz CT molecular complexity index is 894. The molecule has 0 aromatic rings. The number of aliphatic hydroxyl groups excluding tert-OH is 3. The van der Waals surface area contributed by atoms with Gasteiger partial charge in [-0.05, 0) is 79.3 Å². The van der Waals surface area contributed by atoms with Crippen molar-refractivity contribution in [2.24, 2.45) is 23.2 Å². The van der Waals surface area contributed by atoms with Gasteiger partial charge in [0.05, 0.1) is 18.3 Å². The molecule has 0 aromatic carbocycles. The highest BCUT2D eigenvalue weighted by molar-refractivity contribution is 5.38. The molecule has 0 spiro atoms. The molecule has 212 valence electrons. The number of allylic oxidation sites excluding steroid dienone is 3. The fourth-order valence-electron chi connectivity index (χ4n) is 7.09. The standard InChI is InChI=1S/C27H38F6O4/c1-15(11-20(35)14-25(37,26(28,29)30)27(31,32)33)21-8-9-22-17(5-4-10-24(21,22)3)6-7-18-12-19(34)13-23(36)16(18)2/h6-7,15,19-23,34-37H,2,4-5,8-14H2,1,3H3/b17-6+,18-7-/t15-,19-,20-,21-,22+,23+,24-/m1/s1. The third-order valence-electron chi connectivity index (χ3n) is 9.10. The Kier molecular flexibility index (Phi) is 8.70. The van der Waals surface area contributed by atoms with Gasteiger partial charge in [0.25, 0.3) is 5.60 Å². The molecule has 4 nitrogen and oxygen atoms in total. The Hall–Kier alpha value is -1.36. The average Bonchev–Trinajstić information content (AvgIpc) is 3.11. The molecule has 0 aromatic heterocycles. The first-order valence-electron chi connectivity index (χ1n) is 12.9. The third-order valence-corrected chi connectivity index (χ3v) is 9.10. The van der Waals surface area contributed by atoms with Crippen molar-refractivity contribution in [1.29, 1.82) is 0 Å². The molecule has 0 unspecified atom stereocenters. The van der Waals surface area contributed by atoms with Crippen molar-refractivity contribution in [3.8, 4) is 0 Å². The van der Waals surface area contributed by atoms with Gasteiger partial charge in [0, 0.05) is 12.8 Å². The topological polar surface area (TPSA) is 80.9 Å². The molecule has 37 heavy (non-hydrogen) atoms. The summed E-state index contributed by atoms with van der Waals surface area (Å²) in [5.41, 5.74) is -2.61. The second kappa shape index (κ2) is 10.7. The molecule has 0 amide bonds. The van der Waals surface area contributed by atoms with E-state index in [2.05, 4.69) is 13.5 Å². The molecular weight excluding hydrogens is 502 g/mol. The normalized spacial score (nSPS) is 35.6. The number of hydrogen-bond donors (Lipinski definition) is 4. The van der Waals surface area contributed by atoms with Crippen LogP contribution in [0.1, 0.15) is 71.6 Å². The van der Waals surface area contributed by atoms with Crippen LogP contribution in [0.5, 0.6) is 0 Å². The van der Waals surface area contributed by atoms with Gasteiger partial charge < -0.3 is 20.4 Å². The maximum Gasteiger partial charge on any atom is 0.426 e. The molecule has 0 aliphatic heterocycles. The van der Waals surface area contributed by atoms with Gasteiger partial charge in [-0.25, -0.2) is 0 Å². The average molecular weight is 541 g/mol. The van der Waals surface area contributed by atoms with Gasteiger partial charge in [-0.1, -0.05) is 38.2 Å². The van der Waals surface area contributed by atoms with Crippen LogP contribution in [0.3, 0.4) is 0 Å². The summed E-state index contributed by atoms with van der Waals surface area (Å²) in [6.45, 7) is 7.78. The third kappa shape index (κ3) is 5.97. The zero-order valence-electron chi connectivity index (χ0n) is 21.2. The van der Waals surface area contributed by atoms with E-state index in [4.69, 9.17) is 0 Å². The van der Waals surface area contributed by atoms with Gasteiger partial charge in [-0.15, -0.1) is 0 Å². The van der Waals surface area contributed by atoms with Crippen LogP contribution >= 0.6 is 0 Å². The lowest BCUT2D eigenvalue weighted by atomic mass is 9.60. The SMILES string of the molecule is C=C1/C(=C\C=C2/CCC[C@]3(C)[C@@H]([C@H](C)C[C@@H](O)CC(O)(C(F)(F)F)C(F)(F)F)CC[C@@H]23)C[C@@H](O)C[C@@H]1O. The van der Waals surface area contributed by atoms with E-state index >= 15 is 0 Å². The molecule has 4 N–H and O–H groups in total. The summed E-state index contributed by atoms with van der Waals surface area (Å²) < 4.78 is 78.4. The number of hydrogen-bond acceptors (Lipinski definition) is 4. The molecule has 3 aliphatic carbocycles. The van der Waals surface area contributed by atoms with Gasteiger partial charge in [0.15, 0.2) is 0 Å². The molecule has 3 saturated carbocycles. The van der Waals surface area contributed by atoms with Gasteiger partial charge in [-0.3, -0.25) is 0 Å². The van der Waals surface area contributed by atoms with E-state index in [-0.39, 0.29) is 36.0 Å². The van der Waals surface area contributed by atoms with Gasteiger partial charge in [0.1, 0.15) is 0 Å². The van der Waals surface area contributed by atoms with Crippen molar-refractivity contribution in [2.45, 2.75) is 108 Å². The smallest absolute Gasteiger partial charge is 0.393 e. The zero-order valence-corrected chi connectivity index (χ0v) is 21.2. The van der Waals surface area contributed by atoms with Crippen LogP contribution in [-0.4, -0.2) is 56.7 Å². The van der Waals surface area contributed by atoms with E-state index in [1.165, 1.54) is 5.57 Å². The van der Waals surface area contributed by atoms with E-state index in [0.29, 0.717) is 12.0 Å². The van der Waals surface area contributed by atoms with Crippen molar-refractivity contribution in [3.05, 3.63) is 35.5 Å². The van der Waals surface area contributed by atoms with Gasteiger partial charge >= 0.3 is 12.4 Å². The fourth-order valence-corrected chi connectivity index (χ4v) is 7.09. The minimum absolute atomic E-state index is 0.0124. The molecule has 0 heterocycles. The quantitative estimate of drug-likeness (QED) is 0.323. The molecular formula is C27H38F6O4. The first kappa shape index (κ1) is 30.2. The van der Waals surface area contributed by atoms with Crippen molar-refractivity contribution in [3.63, 3.8) is 0 Å². The summed E-state index contributed by atoms with van der Waals surface area (Å²) in [7, 11) is 0. The molecule has 0 saturated heterocycles. The lowest BCUT2D eigenvalue weighted by Gasteiger charge is -2.45. The summed E-state index contributed by atoms with van der Waals surface area (Å²) in [6.07, 6.45) is -8.72. The predicted molar refractivity (Wildman–Crippen MR) is 126 cm³/mol. The number of aliphatic hydroxyl groups is 4. The largest absolute Gasteiger partial charge is 0.426 e. The molecule has 0 bridgehead atoms. The van der Waals surface area contributed by atoms with Crippen LogP contribution in [-0.2, 0) is 0 Å². The van der Waals surface area contributed by atoms with E-state index in [9.17, 15) is 46.8 Å². The first-order chi connectivity index (χ1) is 16.9. The zero-order chi connectivity index (χ0) is 28.0. The molecule has 10 heteroatoms. The summed E-state index contributed by atoms with van der Waals surface area (Å²) in [6, 6.07) is 0. The summed E-state index contributed by atoms with van der Waals surface area (Å²) in [5.74, 6) is -0.185. The van der Waals surface area contributed by atoms with E-state index in [1.54, 1.807) is 6.92 Å². The lowest BCUT2D eigenvalue weighted by molar-refractivity contribution is -0.374. The molecule has 0 radical (unpaired) electrons. The van der Waals surface area contributed by atoms with Crippen LogP contribution in [0.15, 0.2) is 35.5 Å². The molecule has 3 fully saturated rings. The summed E-state index contributed by atoms with van der Waals surface area (Å²) >= 11 is 0. The van der Waals surface area contributed by atoms with E-state index < -0.39 is 42.7 Å². The predicted octanol–water partition coefficient (Wildman–Crippen LogP) is 5.76. The van der Waals surface area contributed by atoms with Gasteiger partial charge in [-0.2, -0.15) is 26.3 Å². The van der Waals surface area contributed by atoms with Crippen LogP contribution in [0.25, 0.3) is 0 Å². The minimum atomic E-state index is -5.95. The highest BCUT2D eigenvalue weighted by atomic mass is 19.4.